The second kappa shape index (κ2) is 6.16. The van der Waals surface area contributed by atoms with Crippen LogP contribution in [0.15, 0.2) is 64.1 Å². The van der Waals surface area contributed by atoms with Crippen LogP contribution < -0.4 is 4.72 Å². The lowest BCUT2D eigenvalue weighted by atomic mass is 10.0. The van der Waals surface area contributed by atoms with Gasteiger partial charge >= 0.3 is 0 Å². The molecule has 1 atom stereocenters. The smallest absolute Gasteiger partial charge is 0.274 e. The number of rotatable bonds is 5. The van der Waals surface area contributed by atoms with E-state index in [4.69, 9.17) is 4.42 Å². The Kier molecular flexibility index (Phi) is 4.21. The van der Waals surface area contributed by atoms with Gasteiger partial charge in [-0.25, -0.2) is 13.1 Å². The van der Waals surface area contributed by atoms with Crippen LogP contribution in [0.1, 0.15) is 17.2 Å². The Bertz CT molecular complexity index is 897. The topological polar surface area (TPSA) is 79.5 Å². The average molecular weight is 331 g/mol. The van der Waals surface area contributed by atoms with Crippen molar-refractivity contribution in [1.82, 2.24) is 4.72 Å². The first-order chi connectivity index (χ1) is 11.0. The summed E-state index contributed by atoms with van der Waals surface area (Å²) in [5.41, 5.74) is 2.11. The van der Waals surface area contributed by atoms with Crippen molar-refractivity contribution in [1.29, 1.82) is 0 Å². The third-order valence-electron chi connectivity index (χ3n) is 3.68. The van der Waals surface area contributed by atoms with Crippen molar-refractivity contribution in [2.75, 3.05) is 6.54 Å². The zero-order valence-electron chi connectivity index (χ0n) is 12.6. The summed E-state index contributed by atoms with van der Waals surface area (Å²) in [6.45, 7) is 1.75. The minimum atomic E-state index is -3.81. The van der Waals surface area contributed by atoms with Crippen molar-refractivity contribution in [2.24, 2.45) is 0 Å². The third-order valence-corrected chi connectivity index (χ3v) is 4.96. The molecule has 1 aromatic heterocycles. The van der Waals surface area contributed by atoms with Crippen LogP contribution >= 0.6 is 0 Å². The molecule has 120 valence electrons. The molecule has 23 heavy (non-hydrogen) atoms. The molecule has 0 radical (unpaired) electrons. The molecule has 5 nitrogen and oxygen atoms in total. The highest BCUT2D eigenvalue weighted by Gasteiger charge is 2.21. The van der Waals surface area contributed by atoms with E-state index in [1.54, 1.807) is 30.3 Å². The summed E-state index contributed by atoms with van der Waals surface area (Å²) in [4.78, 5) is 0. The summed E-state index contributed by atoms with van der Waals surface area (Å²) in [5.74, 6) is 0. The molecular weight excluding hydrogens is 314 g/mol. The van der Waals surface area contributed by atoms with E-state index in [9.17, 15) is 13.5 Å². The lowest BCUT2D eigenvalue weighted by Gasteiger charge is -2.14. The number of para-hydroxylation sites is 1. The first-order valence-corrected chi connectivity index (χ1v) is 8.67. The summed E-state index contributed by atoms with van der Waals surface area (Å²) in [6.07, 6.45) is -0.921. The van der Waals surface area contributed by atoms with Crippen molar-refractivity contribution in [3.05, 3.63) is 65.7 Å². The molecule has 0 saturated carbocycles. The van der Waals surface area contributed by atoms with Crippen molar-refractivity contribution >= 4 is 21.0 Å². The molecule has 0 aliphatic heterocycles. The minimum Gasteiger partial charge on any atom is -0.443 e. The van der Waals surface area contributed by atoms with Gasteiger partial charge in [-0.1, -0.05) is 42.5 Å². The molecular formula is C17H17NO4S. The Morgan fingerprint density at radius 2 is 1.83 bits per heavy atom. The van der Waals surface area contributed by atoms with Crippen molar-refractivity contribution in [3.63, 3.8) is 0 Å². The SMILES string of the molecule is Cc1ccccc1[C@H](O)CNS(=O)(=O)c1cc2ccccc2o1. The van der Waals surface area contributed by atoms with Crippen LogP contribution in [-0.4, -0.2) is 20.1 Å². The lowest BCUT2D eigenvalue weighted by Crippen LogP contribution is -2.28. The minimum absolute atomic E-state index is 0.121. The van der Waals surface area contributed by atoms with Crippen LogP contribution in [0.2, 0.25) is 0 Å². The number of aliphatic hydroxyl groups is 1. The molecule has 0 amide bonds. The standard InChI is InChI=1S/C17H17NO4S/c1-12-6-2-4-8-14(12)15(19)11-18-23(20,21)17-10-13-7-3-5-9-16(13)22-17/h2-10,15,18-19H,11H2,1H3/t15-/m1/s1. The highest BCUT2D eigenvalue weighted by atomic mass is 32.2. The maximum Gasteiger partial charge on any atom is 0.274 e. The maximum atomic E-state index is 12.3. The molecule has 0 aliphatic carbocycles. The van der Waals surface area contributed by atoms with Crippen LogP contribution in [0, 0.1) is 6.92 Å². The number of aliphatic hydroxyl groups excluding tert-OH is 1. The Morgan fingerprint density at radius 3 is 2.57 bits per heavy atom. The molecule has 2 N–H and O–H groups in total. The fraction of sp³-hybridized carbons (Fsp3) is 0.176. The molecule has 0 spiro atoms. The highest BCUT2D eigenvalue weighted by molar-refractivity contribution is 7.89. The van der Waals surface area contributed by atoms with Crippen molar-refractivity contribution in [2.45, 2.75) is 18.1 Å². The first-order valence-electron chi connectivity index (χ1n) is 7.19. The van der Waals surface area contributed by atoms with Gasteiger partial charge in [0, 0.05) is 18.0 Å². The number of hydrogen-bond acceptors (Lipinski definition) is 4. The molecule has 0 fully saturated rings. The summed E-state index contributed by atoms with van der Waals surface area (Å²) < 4.78 is 32.4. The van der Waals surface area contributed by atoms with E-state index in [1.807, 2.05) is 25.1 Å². The zero-order chi connectivity index (χ0) is 16.4. The van der Waals surface area contributed by atoms with Crippen LogP contribution in [0.5, 0.6) is 0 Å². The van der Waals surface area contributed by atoms with E-state index < -0.39 is 16.1 Å². The normalized spacial score (nSPS) is 13.3. The monoisotopic (exact) mass is 331 g/mol. The molecule has 3 aromatic rings. The van der Waals surface area contributed by atoms with E-state index in [0.717, 1.165) is 5.56 Å². The molecule has 0 unspecified atom stereocenters. The van der Waals surface area contributed by atoms with Gasteiger partial charge in [-0.3, -0.25) is 0 Å². The Hall–Kier alpha value is -2.15. The van der Waals surface area contributed by atoms with Crippen LogP contribution in [0.25, 0.3) is 11.0 Å². The van der Waals surface area contributed by atoms with E-state index in [1.165, 1.54) is 6.07 Å². The average Bonchev–Trinajstić information content (AvgIpc) is 2.98. The highest BCUT2D eigenvalue weighted by Crippen LogP contribution is 2.23. The summed E-state index contributed by atoms with van der Waals surface area (Å²) in [7, 11) is -3.81. The van der Waals surface area contributed by atoms with Gasteiger partial charge in [0.1, 0.15) is 5.58 Å². The molecule has 0 bridgehead atoms. The maximum absolute atomic E-state index is 12.3. The predicted molar refractivity (Wildman–Crippen MR) is 87.5 cm³/mol. The van der Waals surface area contributed by atoms with Gasteiger partial charge in [0.25, 0.3) is 10.0 Å². The number of nitrogens with one attached hydrogen (secondary N) is 1. The van der Waals surface area contributed by atoms with Crippen molar-refractivity contribution < 1.29 is 17.9 Å². The number of hydrogen-bond donors (Lipinski definition) is 2. The Labute approximate surface area is 134 Å². The van der Waals surface area contributed by atoms with Gasteiger partial charge in [0.2, 0.25) is 5.09 Å². The molecule has 3 rings (SSSR count). The molecule has 0 saturated heterocycles. The van der Waals surface area contributed by atoms with Gasteiger partial charge < -0.3 is 9.52 Å². The molecule has 2 aromatic carbocycles. The van der Waals surface area contributed by atoms with Gasteiger partial charge in [-0.15, -0.1) is 0 Å². The van der Waals surface area contributed by atoms with Gasteiger partial charge in [0.05, 0.1) is 6.10 Å². The zero-order valence-corrected chi connectivity index (χ0v) is 13.4. The number of furan rings is 1. The summed E-state index contributed by atoms with van der Waals surface area (Å²) in [6, 6.07) is 15.8. The summed E-state index contributed by atoms with van der Waals surface area (Å²) in [5, 5.41) is 10.8. The van der Waals surface area contributed by atoms with Crippen LogP contribution in [-0.2, 0) is 10.0 Å². The largest absolute Gasteiger partial charge is 0.443 e. The number of aryl methyl sites for hydroxylation is 1. The molecule has 0 aliphatic rings. The van der Waals surface area contributed by atoms with E-state index in [-0.39, 0.29) is 11.6 Å². The van der Waals surface area contributed by atoms with Gasteiger partial charge in [0.15, 0.2) is 0 Å². The van der Waals surface area contributed by atoms with Gasteiger partial charge in [-0.2, -0.15) is 0 Å². The Balaban J connectivity index is 1.77. The quantitative estimate of drug-likeness (QED) is 0.753. The number of sulfonamides is 1. The number of benzene rings is 2. The van der Waals surface area contributed by atoms with Crippen LogP contribution in [0.4, 0.5) is 0 Å². The first kappa shape index (κ1) is 15.7. The Morgan fingerprint density at radius 1 is 1.13 bits per heavy atom. The molecule has 6 heteroatoms. The van der Waals surface area contributed by atoms with E-state index in [0.29, 0.717) is 16.5 Å². The van der Waals surface area contributed by atoms with E-state index >= 15 is 0 Å². The second-order valence-corrected chi connectivity index (χ2v) is 7.03. The van der Waals surface area contributed by atoms with E-state index in [2.05, 4.69) is 4.72 Å². The van der Waals surface area contributed by atoms with Gasteiger partial charge in [-0.05, 0) is 24.1 Å². The molecule has 1 heterocycles. The van der Waals surface area contributed by atoms with Crippen LogP contribution in [0.3, 0.4) is 0 Å². The third kappa shape index (κ3) is 3.29. The van der Waals surface area contributed by atoms with Crippen molar-refractivity contribution in [3.8, 4) is 0 Å². The second-order valence-electron chi connectivity index (χ2n) is 5.33. The fourth-order valence-electron chi connectivity index (χ4n) is 2.42. The summed E-state index contributed by atoms with van der Waals surface area (Å²) >= 11 is 0. The fourth-order valence-corrected chi connectivity index (χ4v) is 3.42. The lowest BCUT2D eigenvalue weighted by molar-refractivity contribution is 0.181. The number of fused-ring (bicyclic) bond motifs is 1. The predicted octanol–water partition coefficient (Wildman–Crippen LogP) is 2.75.